The number of thiazole rings is 1. The molecule has 0 amide bonds. The van der Waals surface area contributed by atoms with Crippen molar-refractivity contribution in [1.82, 2.24) is 15.0 Å². The number of para-hydroxylation sites is 1. The molecule has 2 heterocycles. The van der Waals surface area contributed by atoms with Gasteiger partial charge in [0.05, 0.1) is 11.2 Å². The zero-order valence-electron chi connectivity index (χ0n) is 12.6. The highest BCUT2D eigenvalue weighted by Crippen LogP contribution is 2.38. The number of hydrogen-bond donors (Lipinski definition) is 1. The van der Waals surface area contributed by atoms with E-state index in [1.807, 2.05) is 12.1 Å². The van der Waals surface area contributed by atoms with Crippen LogP contribution < -0.4 is 0 Å². The molecule has 21 heavy (non-hydrogen) atoms. The fourth-order valence-corrected chi connectivity index (χ4v) is 3.90. The molecule has 1 aromatic carbocycles. The Morgan fingerprint density at radius 1 is 1.10 bits per heavy atom. The lowest BCUT2D eigenvalue weighted by Crippen LogP contribution is -1.95. The summed E-state index contributed by atoms with van der Waals surface area (Å²) in [4.78, 5) is 13.7. The first-order chi connectivity index (χ1) is 9.97. The van der Waals surface area contributed by atoms with Gasteiger partial charge in [-0.25, -0.2) is 9.97 Å². The Bertz CT molecular complexity index is 761. The van der Waals surface area contributed by atoms with Gasteiger partial charge in [-0.3, -0.25) is 0 Å². The van der Waals surface area contributed by atoms with Gasteiger partial charge in [0, 0.05) is 10.4 Å². The molecule has 0 unspecified atom stereocenters. The number of nitrogens with one attached hydrogen (secondary N) is 1. The molecule has 0 radical (unpaired) electrons. The number of aromatic amines is 1. The number of imidazole rings is 1. The van der Waals surface area contributed by atoms with Gasteiger partial charge in [0.15, 0.2) is 0 Å². The van der Waals surface area contributed by atoms with E-state index in [2.05, 4.69) is 43.7 Å². The predicted molar refractivity (Wildman–Crippen MR) is 90.4 cm³/mol. The summed E-state index contributed by atoms with van der Waals surface area (Å²) < 4.78 is 0. The van der Waals surface area contributed by atoms with Crippen LogP contribution >= 0.6 is 22.9 Å². The molecule has 0 atom stereocenters. The number of benzene rings is 1. The molecule has 0 aliphatic carbocycles. The Hall–Kier alpha value is -1.39. The van der Waals surface area contributed by atoms with E-state index in [-0.39, 0.29) is 0 Å². The molecular formula is C16H18ClN3S. The van der Waals surface area contributed by atoms with Crippen LogP contribution in [0.4, 0.5) is 0 Å². The summed E-state index contributed by atoms with van der Waals surface area (Å²) in [5.74, 6) is 0.907. The Morgan fingerprint density at radius 3 is 2.48 bits per heavy atom. The van der Waals surface area contributed by atoms with E-state index in [4.69, 9.17) is 16.6 Å². The van der Waals surface area contributed by atoms with E-state index in [1.165, 1.54) is 10.6 Å². The first-order valence-corrected chi connectivity index (χ1v) is 8.32. The fraction of sp³-hybridized carbons (Fsp3) is 0.375. The predicted octanol–water partition coefficient (Wildman–Crippen LogP) is 5.59. The number of aromatic nitrogens is 3. The van der Waals surface area contributed by atoms with Gasteiger partial charge < -0.3 is 4.98 Å². The third-order valence-corrected chi connectivity index (χ3v) is 5.05. The summed E-state index contributed by atoms with van der Waals surface area (Å²) in [6.07, 6.45) is 0. The van der Waals surface area contributed by atoms with E-state index in [0.29, 0.717) is 17.1 Å². The molecule has 0 fully saturated rings. The average molecular weight is 320 g/mol. The van der Waals surface area contributed by atoms with E-state index in [9.17, 15) is 0 Å². The maximum Gasteiger partial charge on any atom is 0.201 e. The van der Waals surface area contributed by atoms with E-state index >= 15 is 0 Å². The minimum absolute atomic E-state index is 0.419. The van der Waals surface area contributed by atoms with Crippen molar-refractivity contribution in [2.75, 3.05) is 0 Å². The molecule has 0 aliphatic rings. The number of rotatable bonds is 3. The Kier molecular flexibility index (Phi) is 3.76. The second kappa shape index (κ2) is 5.43. The van der Waals surface area contributed by atoms with Gasteiger partial charge in [-0.15, -0.1) is 11.3 Å². The molecule has 0 aliphatic heterocycles. The van der Waals surface area contributed by atoms with Crippen molar-refractivity contribution in [3.8, 4) is 10.6 Å². The third-order valence-electron chi connectivity index (χ3n) is 3.47. The molecule has 3 rings (SSSR count). The summed E-state index contributed by atoms with van der Waals surface area (Å²) >= 11 is 7.76. The Morgan fingerprint density at radius 2 is 1.86 bits per heavy atom. The quantitative estimate of drug-likeness (QED) is 0.684. The minimum Gasteiger partial charge on any atom is -0.329 e. The zero-order chi connectivity index (χ0) is 15.1. The summed E-state index contributed by atoms with van der Waals surface area (Å²) in [5.41, 5.74) is 4.09. The van der Waals surface area contributed by atoms with Crippen LogP contribution in [0.2, 0.25) is 5.28 Å². The van der Waals surface area contributed by atoms with Crippen molar-refractivity contribution in [1.29, 1.82) is 0 Å². The van der Waals surface area contributed by atoms with Crippen molar-refractivity contribution < 1.29 is 0 Å². The van der Waals surface area contributed by atoms with E-state index in [0.717, 1.165) is 21.6 Å². The van der Waals surface area contributed by atoms with Crippen LogP contribution in [0.1, 0.15) is 50.1 Å². The fourth-order valence-electron chi connectivity index (χ4n) is 2.46. The SMILES string of the molecule is CC(C)c1nc(-c2cccc3[nH]c(Cl)nc23)sc1C(C)C. The van der Waals surface area contributed by atoms with Crippen LogP contribution in [0.25, 0.3) is 21.6 Å². The van der Waals surface area contributed by atoms with Crippen molar-refractivity contribution in [2.45, 2.75) is 39.5 Å². The molecule has 110 valence electrons. The molecule has 0 spiro atoms. The normalized spacial score (nSPS) is 12.0. The van der Waals surface area contributed by atoms with Gasteiger partial charge in [0.25, 0.3) is 0 Å². The molecule has 3 aromatic rings. The highest BCUT2D eigenvalue weighted by atomic mass is 35.5. The number of nitrogens with zero attached hydrogens (tertiary/aromatic N) is 2. The number of hydrogen-bond acceptors (Lipinski definition) is 3. The zero-order valence-corrected chi connectivity index (χ0v) is 14.1. The van der Waals surface area contributed by atoms with Crippen LogP contribution in [0.3, 0.4) is 0 Å². The van der Waals surface area contributed by atoms with Gasteiger partial charge in [-0.1, -0.05) is 33.8 Å². The largest absolute Gasteiger partial charge is 0.329 e. The maximum atomic E-state index is 6.00. The van der Waals surface area contributed by atoms with Crippen molar-refractivity contribution >= 4 is 34.0 Å². The van der Waals surface area contributed by atoms with Gasteiger partial charge in [-0.05, 0) is 35.6 Å². The molecule has 2 aromatic heterocycles. The number of halogens is 1. The van der Waals surface area contributed by atoms with Gasteiger partial charge >= 0.3 is 0 Å². The molecule has 5 heteroatoms. The van der Waals surface area contributed by atoms with E-state index < -0.39 is 0 Å². The standard InChI is InChI=1S/C16H18ClN3S/c1-8(2)12-14(9(3)4)21-15(19-12)10-6-5-7-11-13(10)20-16(17)18-11/h5-9H,1-4H3,(H,18,20). The second-order valence-electron chi connectivity index (χ2n) is 5.81. The average Bonchev–Trinajstić information content (AvgIpc) is 3.00. The highest BCUT2D eigenvalue weighted by molar-refractivity contribution is 7.15. The smallest absolute Gasteiger partial charge is 0.201 e. The Labute approximate surface area is 133 Å². The lowest BCUT2D eigenvalue weighted by molar-refractivity contribution is 0.781. The summed E-state index contributed by atoms with van der Waals surface area (Å²) in [6.45, 7) is 8.82. The first kappa shape index (κ1) is 14.5. The van der Waals surface area contributed by atoms with Gasteiger partial charge in [0.2, 0.25) is 5.28 Å². The highest BCUT2D eigenvalue weighted by Gasteiger charge is 2.19. The van der Waals surface area contributed by atoms with Gasteiger partial charge in [0.1, 0.15) is 10.5 Å². The van der Waals surface area contributed by atoms with Crippen LogP contribution in [0.5, 0.6) is 0 Å². The van der Waals surface area contributed by atoms with Crippen molar-refractivity contribution in [2.24, 2.45) is 0 Å². The minimum atomic E-state index is 0.419. The second-order valence-corrected chi connectivity index (χ2v) is 7.20. The van der Waals surface area contributed by atoms with Crippen LogP contribution in [0, 0.1) is 0 Å². The van der Waals surface area contributed by atoms with Gasteiger partial charge in [-0.2, -0.15) is 0 Å². The Balaban J connectivity index is 2.21. The van der Waals surface area contributed by atoms with Crippen molar-refractivity contribution in [3.63, 3.8) is 0 Å². The summed E-state index contributed by atoms with van der Waals surface area (Å²) in [5, 5.41) is 1.44. The number of fused-ring (bicyclic) bond motifs is 1. The topological polar surface area (TPSA) is 41.6 Å². The summed E-state index contributed by atoms with van der Waals surface area (Å²) in [6, 6.07) is 6.06. The molecule has 0 bridgehead atoms. The van der Waals surface area contributed by atoms with Crippen LogP contribution in [0.15, 0.2) is 18.2 Å². The molecule has 1 N–H and O–H groups in total. The molecule has 3 nitrogen and oxygen atoms in total. The van der Waals surface area contributed by atoms with Crippen molar-refractivity contribution in [3.05, 3.63) is 34.1 Å². The lowest BCUT2D eigenvalue weighted by atomic mass is 10.0. The van der Waals surface area contributed by atoms with Crippen LogP contribution in [-0.2, 0) is 0 Å². The molecule has 0 saturated carbocycles. The number of H-pyrrole nitrogens is 1. The van der Waals surface area contributed by atoms with E-state index in [1.54, 1.807) is 11.3 Å². The first-order valence-electron chi connectivity index (χ1n) is 7.12. The third kappa shape index (κ3) is 2.58. The molecular weight excluding hydrogens is 302 g/mol. The monoisotopic (exact) mass is 319 g/mol. The lowest BCUT2D eigenvalue weighted by Gasteiger charge is -2.07. The maximum absolute atomic E-state index is 6.00. The summed E-state index contributed by atoms with van der Waals surface area (Å²) in [7, 11) is 0. The van der Waals surface area contributed by atoms with Crippen LogP contribution in [-0.4, -0.2) is 15.0 Å². The molecule has 0 saturated heterocycles.